The number of hydrogen-bond acceptors (Lipinski definition) is 4. The van der Waals surface area contributed by atoms with Gasteiger partial charge in [0.2, 0.25) is 10.0 Å². The normalized spacial score (nSPS) is 24.4. The zero-order valence-electron chi connectivity index (χ0n) is 16.9. The molecule has 1 fully saturated rings. The number of sulfonamides is 1. The van der Waals surface area contributed by atoms with Crippen molar-refractivity contribution in [2.45, 2.75) is 38.5 Å². The second-order valence-corrected chi connectivity index (χ2v) is 9.87. The van der Waals surface area contributed by atoms with Gasteiger partial charge in [-0.25, -0.2) is 8.42 Å². The number of hydrogen-bond donors (Lipinski definition) is 0. The molecule has 1 amide bonds. The molecule has 0 N–H and O–H groups in total. The van der Waals surface area contributed by atoms with Crippen molar-refractivity contribution in [2.75, 3.05) is 23.7 Å². The molecule has 0 aliphatic carbocycles. The molecule has 2 aromatic carbocycles. The van der Waals surface area contributed by atoms with E-state index in [1.807, 2.05) is 55.1 Å². The predicted molar refractivity (Wildman–Crippen MR) is 113 cm³/mol. The van der Waals surface area contributed by atoms with E-state index in [0.717, 1.165) is 11.1 Å². The molecule has 2 heterocycles. The summed E-state index contributed by atoms with van der Waals surface area (Å²) in [6.45, 7) is 4.89. The average Bonchev–Trinajstić information content (AvgIpc) is 3.02. The Morgan fingerprint density at radius 1 is 1.07 bits per heavy atom. The number of carbonyl (C=O) groups excluding carboxylic acids is 1. The minimum atomic E-state index is -3.34. The minimum absolute atomic E-state index is 0.0469. The fraction of sp³-hybridized carbons (Fsp3) is 0.409. The molecule has 2 aliphatic heterocycles. The fourth-order valence-corrected chi connectivity index (χ4v) is 5.66. The van der Waals surface area contributed by atoms with Crippen LogP contribution in [-0.4, -0.2) is 50.7 Å². The van der Waals surface area contributed by atoms with Crippen LogP contribution in [0.25, 0.3) is 0 Å². The zero-order valence-corrected chi connectivity index (χ0v) is 17.7. The van der Waals surface area contributed by atoms with Gasteiger partial charge in [-0.05, 0) is 49.6 Å². The van der Waals surface area contributed by atoms with Gasteiger partial charge < -0.3 is 9.64 Å². The van der Waals surface area contributed by atoms with Crippen molar-refractivity contribution in [3.63, 3.8) is 0 Å². The number of nitrogens with zero attached hydrogens (tertiary/aromatic N) is 2. The molecule has 29 heavy (non-hydrogen) atoms. The van der Waals surface area contributed by atoms with Gasteiger partial charge in [0.1, 0.15) is 6.10 Å². The summed E-state index contributed by atoms with van der Waals surface area (Å²) in [5.41, 5.74) is 3.22. The number of carbonyl (C=O) groups is 1. The predicted octanol–water partition coefficient (Wildman–Crippen LogP) is 3.00. The zero-order chi connectivity index (χ0) is 20.8. The molecule has 6 nitrogen and oxygen atoms in total. The first-order valence-electron chi connectivity index (χ1n) is 9.86. The maximum atomic E-state index is 13.2. The molecule has 4 rings (SSSR count). The van der Waals surface area contributed by atoms with Gasteiger partial charge >= 0.3 is 0 Å². The summed E-state index contributed by atoms with van der Waals surface area (Å²) < 4.78 is 31.7. The van der Waals surface area contributed by atoms with Crippen LogP contribution >= 0.6 is 0 Å². The Hall–Kier alpha value is -2.38. The average molecular weight is 415 g/mol. The smallest absolute Gasteiger partial charge is 0.254 e. The Morgan fingerprint density at radius 3 is 2.48 bits per heavy atom. The Bertz CT molecular complexity index is 1020. The van der Waals surface area contributed by atoms with Crippen molar-refractivity contribution in [3.8, 4) is 0 Å². The van der Waals surface area contributed by atoms with Crippen LogP contribution in [0.15, 0.2) is 48.5 Å². The van der Waals surface area contributed by atoms with Gasteiger partial charge in [0.25, 0.3) is 5.91 Å². The monoisotopic (exact) mass is 414 g/mol. The lowest BCUT2D eigenvalue weighted by Gasteiger charge is -2.37. The van der Waals surface area contributed by atoms with Crippen molar-refractivity contribution >= 4 is 21.6 Å². The van der Waals surface area contributed by atoms with E-state index in [2.05, 4.69) is 0 Å². The summed E-state index contributed by atoms with van der Waals surface area (Å²) in [5, 5.41) is 0. The third kappa shape index (κ3) is 3.89. The molecular formula is C22H26N2O4S. The minimum Gasteiger partial charge on any atom is -0.367 e. The van der Waals surface area contributed by atoms with Crippen LogP contribution < -0.4 is 4.31 Å². The summed E-state index contributed by atoms with van der Waals surface area (Å²) in [6, 6.07) is 15.1. The van der Waals surface area contributed by atoms with E-state index in [0.29, 0.717) is 30.8 Å². The Labute approximate surface area is 172 Å². The number of morpholine rings is 1. The van der Waals surface area contributed by atoms with Gasteiger partial charge in [0, 0.05) is 18.2 Å². The van der Waals surface area contributed by atoms with Gasteiger partial charge in [0.15, 0.2) is 0 Å². The third-order valence-electron chi connectivity index (χ3n) is 5.56. The second kappa shape index (κ2) is 7.46. The highest BCUT2D eigenvalue weighted by Gasteiger charge is 2.34. The van der Waals surface area contributed by atoms with Crippen LogP contribution in [0.4, 0.5) is 5.69 Å². The van der Waals surface area contributed by atoms with Crippen molar-refractivity contribution < 1.29 is 17.9 Å². The van der Waals surface area contributed by atoms with E-state index in [1.54, 1.807) is 12.1 Å². The van der Waals surface area contributed by atoms with Crippen LogP contribution in [0.5, 0.6) is 0 Å². The summed E-state index contributed by atoms with van der Waals surface area (Å²) in [6.07, 6.45) is 1.61. The first kappa shape index (κ1) is 19.9. The van der Waals surface area contributed by atoms with Crippen molar-refractivity contribution in [1.82, 2.24) is 4.90 Å². The molecule has 3 atom stereocenters. The molecule has 0 saturated carbocycles. The van der Waals surface area contributed by atoms with Gasteiger partial charge in [-0.15, -0.1) is 0 Å². The SMILES string of the molecule is CC1CN(C(=O)c2ccc3c(c2)CC(C)N3S(C)(=O)=O)CC(c2ccccc2)O1. The summed E-state index contributed by atoms with van der Waals surface area (Å²) in [5.74, 6) is -0.0469. The van der Waals surface area contributed by atoms with E-state index in [-0.39, 0.29) is 24.2 Å². The summed E-state index contributed by atoms with van der Waals surface area (Å²) in [4.78, 5) is 15.1. The van der Waals surface area contributed by atoms with Crippen LogP contribution in [0.2, 0.25) is 0 Å². The summed E-state index contributed by atoms with van der Waals surface area (Å²) >= 11 is 0. The molecule has 3 unspecified atom stereocenters. The lowest BCUT2D eigenvalue weighted by atomic mass is 10.0. The third-order valence-corrected chi connectivity index (χ3v) is 6.83. The Balaban J connectivity index is 1.58. The van der Waals surface area contributed by atoms with E-state index >= 15 is 0 Å². The van der Waals surface area contributed by atoms with Crippen molar-refractivity contribution in [2.24, 2.45) is 0 Å². The van der Waals surface area contributed by atoms with E-state index in [4.69, 9.17) is 4.74 Å². The topological polar surface area (TPSA) is 66.9 Å². The van der Waals surface area contributed by atoms with Crippen molar-refractivity contribution in [1.29, 1.82) is 0 Å². The molecule has 0 bridgehead atoms. The van der Waals surface area contributed by atoms with E-state index in [1.165, 1.54) is 10.6 Å². The Kier molecular flexibility index (Phi) is 5.12. The maximum Gasteiger partial charge on any atom is 0.254 e. The highest BCUT2D eigenvalue weighted by Crippen LogP contribution is 2.35. The molecule has 0 radical (unpaired) electrons. The number of benzene rings is 2. The Morgan fingerprint density at radius 2 is 1.79 bits per heavy atom. The van der Waals surface area contributed by atoms with Crippen LogP contribution in [-0.2, 0) is 21.2 Å². The molecule has 0 spiro atoms. The van der Waals surface area contributed by atoms with Crippen LogP contribution in [0, 0.1) is 0 Å². The van der Waals surface area contributed by atoms with Crippen LogP contribution in [0.3, 0.4) is 0 Å². The molecule has 2 aromatic rings. The van der Waals surface area contributed by atoms with Gasteiger partial charge in [0.05, 0.1) is 24.6 Å². The molecule has 154 valence electrons. The van der Waals surface area contributed by atoms with E-state index < -0.39 is 10.0 Å². The van der Waals surface area contributed by atoms with E-state index in [9.17, 15) is 13.2 Å². The highest BCUT2D eigenvalue weighted by molar-refractivity contribution is 7.92. The number of amides is 1. The molecular weight excluding hydrogens is 388 g/mol. The maximum absolute atomic E-state index is 13.2. The lowest BCUT2D eigenvalue weighted by Crippen LogP contribution is -2.46. The number of rotatable bonds is 3. The molecule has 7 heteroatoms. The number of anilines is 1. The molecule has 2 aliphatic rings. The summed E-state index contributed by atoms with van der Waals surface area (Å²) in [7, 11) is -3.34. The van der Waals surface area contributed by atoms with Gasteiger partial charge in [-0.1, -0.05) is 30.3 Å². The number of ether oxygens (including phenoxy) is 1. The fourth-order valence-electron chi connectivity index (χ4n) is 4.39. The number of fused-ring (bicyclic) bond motifs is 1. The second-order valence-electron chi connectivity index (χ2n) is 8.01. The van der Waals surface area contributed by atoms with Crippen LogP contribution in [0.1, 0.15) is 41.4 Å². The quantitative estimate of drug-likeness (QED) is 0.774. The molecule has 1 saturated heterocycles. The largest absolute Gasteiger partial charge is 0.367 e. The highest BCUT2D eigenvalue weighted by atomic mass is 32.2. The first-order valence-corrected chi connectivity index (χ1v) is 11.7. The standard InChI is InChI=1S/C22H26N2O4S/c1-15-11-19-12-18(9-10-20(19)24(15)29(3,26)27)22(25)23-13-16(2)28-21(14-23)17-7-5-4-6-8-17/h4-10,12,15-16,21H,11,13-14H2,1-3H3. The van der Waals surface area contributed by atoms with Crippen molar-refractivity contribution in [3.05, 3.63) is 65.2 Å². The molecule has 0 aromatic heterocycles. The van der Waals surface area contributed by atoms with Gasteiger partial charge in [-0.2, -0.15) is 0 Å². The van der Waals surface area contributed by atoms with Gasteiger partial charge in [-0.3, -0.25) is 9.10 Å². The first-order chi connectivity index (χ1) is 13.7. The lowest BCUT2D eigenvalue weighted by molar-refractivity contribution is -0.0691.